The number of rotatable bonds is 8. The van der Waals surface area contributed by atoms with Crippen molar-refractivity contribution < 1.29 is 4.79 Å². The van der Waals surface area contributed by atoms with E-state index < -0.39 is 0 Å². The Morgan fingerprint density at radius 3 is 2.00 bits per heavy atom. The van der Waals surface area contributed by atoms with E-state index in [0.29, 0.717) is 23.7 Å². The van der Waals surface area contributed by atoms with Crippen LogP contribution in [0, 0.1) is 17.8 Å². The highest BCUT2D eigenvalue weighted by atomic mass is 16.2. The van der Waals surface area contributed by atoms with Crippen LogP contribution in [-0.2, 0) is 4.79 Å². The lowest BCUT2D eigenvalue weighted by atomic mass is 10.1. The Labute approximate surface area is 149 Å². The molecule has 2 nitrogen and oxygen atoms in total. The molecule has 2 aliphatic carbocycles. The summed E-state index contributed by atoms with van der Waals surface area (Å²) in [7, 11) is 0. The molecule has 0 saturated heterocycles. The van der Waals surface area contributed by atoms with E-state index in [1.165, 1.54) is 44.9 Å². The Bertz CT molecular complexity index is 388. The van der Waals surface area contributed by atoms with Crippen molar-refractivity contribution in [3.63, 3.8) is 0 Å². The van der Waals surface area contributed by atoms with Gasteiger partial charge in [-0.3, -0.25) is 4.79 Å². The number of carbonyl (C=O) groups is 1. The van der Waals surface area contributed by atoms with Gasteiger partial charge >= 0.3 is 0 Å². The van der Waals surface area contributed by atoms with Crippen LogP contribution in [0.1, 0.15) is 84.0 Å². The lowest BCUT2D eigenvalue weighted by Crippen LogP contribution is -2.27. The number of fused-ring (bicyclic) bond motifs is 1. The third kappa shape index (κ3) is 6.83. The molecule has 3 unspecified atom stereocenters. The highest BCUT2D eigenvalue weighted by molar-refractivity contribution is 5.82. The van der Waals surface area contributed by atoms with E-state index in [4.69, 9.17) is 0 Å². The molecule has 1 amide bonds. The van der Waals surface area contributed by atoms with Crippen molar-refractivity contribution in [3.05, 3.63) is 24.3 Å². The minimum Gasteiger partial charge on any atom is -0.356 e. The third-order valence-corrected chi connectivity index (χ3v) is 5.63. The molecule has 24 heavy (non-hydrogen) atoms. The molecule has 1 fully saturated rings. The van der Waals surface area contributed by atoms with Crippen molar-refractivity contribution in [2.75, 3.05) is 6.54 Å². The number of hydrogen-bond donors (Lipinski definition) is 1. The van der Waals surface area contributed by atoms with E-state index in [1.807, 2.05) is 0 Å². The molecule has 0 aromatic heterocycles. The molecule has 3 atom stereocenters. The van der Waals surface area contributed by atoms with Gasteiger partial charge in [-0.25, -0.2) is 0 Å². The van der Waals surface area contributed by atoms with Gasteiger partial charge in [0.15, 0.2) is 0 Å². The van der Waals surface area contributed by atoms with Gasteiger partial charge in [0.05, 0.1) is 0 Å². The Balaban J connectivity index is 1.66. The van der Waals surface area contributed by atoms with Crippen LogP contribution in [0.25, 0.3) is 0 Å². The van der Waals surface area contributed by atoms with Gasteiger partial charge in [-0.05, 0) is 56.8 Å². The topological polar surface area (TPSA) is 29.1 Å². The molecule has 0 heterocycles. The fraction of sp³-hybridized carbons (Fsp3) is 0.773. The summed E-state index contributed by atoms with van der Waals surface area (Å²) in [5.74, 6) is 1.90. The van der Waals surface area contributed by atoms with Crippen molar-refractivity contribution >= 4 is 5.91 Å². The monoisotopic (exact) mass is 331 g/mol. The van der Waals surface area contributed by atoms with Crippen LogP contribution in [0.4, 0.5) is 0 Å². The summed E-state index contributed by atoms with van der Waals surface area (Å²) in [6, 6.07) is 0. The Morgan fingerprint density at radius 1 is 0.833 bits per heavy atom. The number of hydrogen-bond acceptors (Lipinski definition) is 1. The van der Waals surface area contributed by atoms with Crippen LogP contribution >= 0.6 is 0 Å². The highest BCUT2D eigenvalue weighted by Gasteiger charge is 2.52. The SMILES string of the molecule is CCCCCCCCNC(=O)C1C2CC/C=C\CC/C=C/CCC21. The molecule has 0 spiro atoms. The first-order valence-electron chi connectivity index (χ1n) is 10.4. The summed E-state index contributed by atoms with van der Waals surface area (Å²) < 4.78 is 0. The minimum absolute atomic E-state index is 0.299. The normalized spacial score (nSPS) is 29.6. The first-order chi connectivity index (χ1) is 11.8. The zero-order chi connectivity index (χ0) is 17.0. The average Bonchev–Trinajstić information content (AvgIpc) is 3.26. The Morgan fingerprint density at radius 2 is 1.38 bits per heavy atom. The van der Waals surface area contributed by atoms with Crippen LogP contribution < -0.4 is 5.32 Å². The quantitative estimate of drug-likeness (QED) is 0.442. The first-order valence-corrected chi connectivity index (χ1v) is 10.4. The summed E-state index contributed by atoms with van der Waals surface area (Å²) in [4.78, 5) is 12.5. The maximum Gasteiger partial charge on any atom is 0.223 e. The molecule has 1 N–H and O–H groups in total. The number of allylic oxidation sites excluding steroid dienone is 4. The van der Waals surface area contributed by atoms with Gasteiger partial charge < -0.3 is 5.32 Å². The van der Waals surface area contributed by atoms with Crippen molar-refractivity contribution in [2.24, 2.45) is 17.8 Å². The second kappa shape index (κ2) is 11.5. The average molecular weight is 332 g/mol. The van der Waals surface area contributed by atoms with Crippen LogP contribution in [-0.4, -0.2) is 12.5 Å². The second-order valence-electron chi connectivity index (χ2n) is 7.59. The molecular formula is C22H37NO. The summed E-state index contributed by atoms with van der Waals surface area (Å²) in [5.41, 5.74) is 0. The van der Waals surface area contributed by atoms with Crippen LogP contribution in [0.15, 0.2) is 24.3 Å². The fourth-order valence-corrected chi connectivity index (χ4v) is 4.10. The molecule has 2 rings (SSSR count). The van der Waals surface area contributed by atoms with E-state index in [2.05, 4.69) is 36.5 Å². The van der Waals surface area contributed by atoms with Gasteiger partial charge in [-0.15, -0.1) is 0 Å². The smallest absolute Gasteiger partial charge is 0.223 e. The lowest BCUT2D eigenvalue weighted by Gasteiger charge is -2.05. The zero-order valence-electron chi connectivity index (χ0n) is 15.6. The van der Waals surface area contributed by atoms with Crippen LogP contribution in [0.2, 0.25) is 0 Å². The van der Waals surface area contributed by atoms with E-state index >= 15 is 0 Å². The highest BCUT2D eigenvalue weighted by Crippen LogP contribution is 2.52. The predicted molar refractivity (Wildman–Crippen MR) is 103 cm³/mol. The molecule has 0 aliphatic heterocycles. The summed E-state index contributed by atoms with van der Waals surface area (Å²) in [5, 5.41) is 3.21. The Kier molecular flexibility index (Phi) is 9.23. The third-order valence-electron chi connectivity index (χ3n) is 5.63. The van der Waals surface area contributed by atoms with Crippen LogP contribution in [0.5, 0.6) is 0 Å². The number of nitrogens with one attached hydrogen (secondary N) is 1. The van der Waals surface area contributed by atoms with Gasteiger partial charge in [0.2, 0.25) is 5.91 Å². The molecule has 0 radical (unpaired) electrons. The maximum atomic E-state index is 12.5. The van der Waals surface area contributed by atoms with Crippen molar-refractivity contribution in [1.82, 2.24) is 5.32 Å². The second-order valence-corrected chi connectivity index (χ2v) is 7.59. The largest absolute Gasteiger partial charge is 0.356 e. The van der Waals surface area contributed by atoms with Crippen LogP contribution in [0.3, 0.4) is 0 Å². The van der Waals surface area contributed by atoms with Crippen molar-refractivity contribution in [3.8, 4) is 0 Å². The molecule has 1 saturated carbocycles. The molecule has 0 aromatic carbocycles. The Hall–Kier alpha value is -1.05. The van der Waals surface area contributed by atoms with E-state index in [9.17, 15) is 4.79 Å². The molecular weight excluding hydrogens is 294 g/mol. The molecule has 0 aromatic rings. The van der Waals surface area contributed by atoms with Gasteiger partial charge in [-0.1, -0.05) is 63.3 Å². The molecule has 136 valence electrons. The number of amides is 1. The van der Waals surface area contributed by atoms with Gasteiger partial charge in [-0.2, -0.15) is 0 Å². The lowest BCUT2D eigenvalue weighted by molar-refractivity contribution is -0.122. The number of unbranched alkanes of at least 4 members (excludes halogenated alkanes) is 5. The van der Waals surface area contributed by atoms with Crippen molar-refractivity contribution in [2.45, 2.75) is 84.0 Å². The standard InChI is InChI=1S/C22H37NO/c1-2-3-4-5-12-15-18-23-22(24)21-19-16-13-10-8-6-7-9-11-14-17-20(19)21/h8-11,19-21H,2-7,12-18H2,1H3,(H,23,24)/b10-8-,11-9+. The van der Waals surface area contributed by atoms with E-state index in [0.717, 1.165) is 38.6 Å². The minimum atomic E-state index is 0.299. The van der Waals surface area contributed by atoms with Gasteiger partial charge in [0.1, 0.15) is 0 Å². The van der Waals surface area contributed by atoms with Crippen molar-refractivity contribution in [1.29, 1.82) is 0 Å². The zero-order valence-corrected chi connectivity index (χ0v) is 15.6. The molecule has 2 aliphatic rings. The first kappa shape index (κ1) is 19.3. The van der Waals surface area contributed by atoms with Gasteiger partial charge in [0, 0.05) is 12.5 Å². The molecule has 0 bridgehead atoms. The summed E-state index contributed by atoms with van der Waals surface area (Å²) >= 11 is 0. The summed E-state index contributed by atoms with van der Waals surface area (Å²) in [6.07, 6.45) is 23.9. The van der Waals surface area contributed by atoms with E-state index in [1.54, 1.807) is 0 Å². The van der Waals surface area contributed by atoms with E-state index in [-0.39, 0.29) is 0 Å². The summed E-state index contributed by atoms with van der Waals surface area (Å²) in [6.45, 7) is 3.12. The molecule has 2 heteroatoms. The maximum absolute atomic E-state index is 12.5. The fourth-order valence-electron chi connectivity index (χ4n) is 4.10. The van der Waals surface area contributed by atoms with Gasteiger partial charge in [0.25, 0.3) is 0 Å². The number of carbonyl (C=O) groups excluding carboxylic acids is 1. The predicted octanol–water partition coefficient (Wildman–Crippen LogP) is 5.79.